The summed E-state index contributed by atoms with van der Waals surface area (Å²) >= 11 is 2.26. The van der Waals surface area contributed by atoms with Crippen LogP contribution in [-0.4, -0.2) is 13.9 Å². The van der Waals surface area contributed by atoms with E-state index in [-0.39, 0.29) is 6.79 Å². The molecule has 0 aliphatic heterocycles. The molecule has 0 saturated carbocycles. The smallest absolute Gasteiger partial charge is 0.188 e. The number of aryl methyl sites for hydroxylation is 1. The zero-order valence-corrected chi connectivity index (χ0v) is 13.1. The molecule has 0 radical (unpaired) electrons. The van der Waals surface area contributed by atoms with Crippen LogP contribution in [0.15, 0.2) is 12.1 Å². The van der Waals surface area contributed by atoms with Gasteiger partial charge >= 0.3 is 0 Å². The van der Waals surface area contributed by atoms with Crippen molar-refractivity contribution in [2.24, 2.45) is 0 Å². The maximum atomic E-state index is 5.54. The first-order valence-electron chi connectivity index (χ1n) is 6.13. The molecule has 0 spiro atoms. The molecule has 0 atom stereocenters. The maximum absolute atomic E-state index is 5.54. The number of unbranched alkanes of at least 4 members (excludes halogenated alkanes) is 2. The van der Waals surface area contributed by atoms with Crippen molar-refractivity contribution in [1.82, 2.24) is 0 Å². The average Bonchev–Trinajstić information content (AvgIpc) is 2.37. The van der Waals surface area contributed by atoms with E-state index in [1.54, 1.807) is 7.11 Å². The Morgan fingerprint density at radius 2 is 2.11 bits per heavy atom. The summed E-state index contributed by atoms with van der Waals surface area (Å²) in [6.07, 6.45) is 10.3. The number of rotatable bonds is 7. The molecule has 0 aromatic heterocycles. The van der Waals surface area contributed by atoms with Crippen LogP contribution in [0.4, 0.5) is 0 Å². The Balaban J connectivity index is 2.86. The van der Waals surface area contributed by atoms with Crippen molar-refractivity contribution < 1.29 is 9.47 Å². The van der Waals surface area contributed by atoms with Gasteiger partial charge in [-0.1, -0.05) is 25.7 Å². The Hall–Kier alpha value is -0.730. The molecule has 0 fully saturated rings. The predicted octanol–water partition coefficient (Wildman–Crippen LogP) is 3.99. The van der Waals surface area contributed by atoms with E-state index >= 15 is 0 Å². The highest BCUT2D eigenvalue weighted by Gasteiger charge is 2.09. The molecule has 0 unspecified atom stereocenters. The quantitative estimate of drug-likeness (QED) is 0.318. The molecule has 2 nitrogen and oxygen atoms in total. The molecule has 0 amide bonds. The number of methoxy groups -OCH3 is 1. The summed E-state index contributed by atoms with van der Waals surface area (Å²) < 4.78 is 11.5. The number of hydrogen-bond donors (Lipinski definition) is 0. The van der Waals surface area contributed by atoms with Crippen LogP contribution in [0.5, 0.6) is 5.75 Å². The van der Waals surface area contributed by atoms with Gasteiger partial charge in [0.15, 0.2) is 12.5 Å². The van der Waals surface area contributed by atoms with E-state index in [1.807, 2.05) is 6.07 Å². The minimum atomic E-state index is 0.222. The normalized spacial score (nSPS) is 10.1. The van der Waals surface area contributed by atoms with Gasteiger partial charge in [0.1, 0.15) is 0 Å². The molecule has 18 heavy (non-hydrogen) atoms. The van der Waals surface area contributed by atoms with Gasteiger partial charge in [0.2, 0.25) is 0 Å². The lowest BCUT2D eigenvalue weighted by Crippen LogP contribution is -2.03. The van der Waals surface area contributed by atoms with E-state index < -0.39 is 0 Å². The van der Waals surface area contributed by atoms with E-state index in [4.69, 9.17) is 15.9 Å². The van der Waals surface area contributed by atoms with Crippen LogP contribution < -0.4 is 4.74 Å². The van der Waals surface area contributed by atoms with E-state index in [0.29, 0.717) is 0 Å². The summed E-state index contributed by atoms with van der Waals surface area (Å²) in [6.45, 7) is 2.43. The average molecular weight is 358 g/mol. The van der Waals surface area contributed by atoms with Gasteiger partial charge in [0.25, 0.3) is 0 Å². The minimum Gasteiger partial charge on any atom is -0.465 e. The number of terminal acetylenes is 1. The van der Waals surface area contributed by atoms with Crippen LogP contribution >= 0.6 is 22.6 Å². The van der Waals surface area contributed by atoms with Crippen molar-refractivity contribution in [3.8, 4) is 18.1 Å². The van der Waals surface area contributed by atoms with Gasteiger partial charge in [-0.25, -0.2) is 0 Å². The lowest BCUT2D eigenvalue weighted by Gasteiger charge is -2.11. The molecule has 0 heterocycles. The largest absolute Gasteiger partial charge is 0.465 e. The maximum Gasteiger partial charge on any atom is 0.188 e. The number of benzene rings is 1. The minimum absolute atomic E-state index is 0.222. The van der Waals surface area contributed by atoms with Crippen LogP contribution in [0, 0.1) is 15.9 Å². The van der Waals surface area contributed by atoms with E-state index in [1.165, 1.54) is 24.8 Å². The molecular weight excluding hydrogens is 339 g/mol. The molecule has 1 rings (SSSR count). The highest BCUT2D eigenvalue weighted by atomic mass is 127. The fraction of sp³-hybridized carbons (Fsp3) is 0.467. The predicted molar refractivity (Wildman–Crippen MR) is 82.8 cm³/mol. The summed E-state index contributed by atoms with van der Waals surface area (Å²) in [7, 11) is 1.60. The Morgan fingerprint density at radius 1 is 1.33 bits per heavy atom. The second kappa shape index (κ2) is 8.39. The van der Waals surface area contributed by atoms with Gasteiger partial charge < -0.3 is 9.47 Å². The first-order chi connectivity index (χ1) is 8.72. The van der Waals surface area contributed by atoms with Crippen LogP contribution in [0.1, 0.15) is 37.3 Å². The fourth-order valence-electron chi connectivity index (χ4n) is 1.74. The zero-order chi connectivity index (χ0) is 13.4. The Bertz CT molecular complexity index is 421. The van der Waals surface area contributed by atoms with Crippen molar-refractivity contribution in [2.75, 3.05) is 13.9 Å². The van der Waals surface area contributed by atoms with Gasteiger partial charge in [-0.05, 0) is 53.1 Å². The van der Waals surface area contributed by atoms with E-state index in [9.17, 15) is 0 Å². The Labute approximate surface area is 123 Å². The number of ether oxygens (including phenoxy) is 2. The summed E-state index contributed by atoms with van der Waals surface area (Å²) in [5.41, 5.74) is 2.09. The molecule has 0 saturated heterocycles. The van der Waals surface area contributed by atoms with Crippen molar-refractivity contribution in [2.45, 2.75) is 32.6 Å². The number of halogens is 1. The van der Waals surface area contributed by atoms with Crippen molar-refractivity contribution >= 4 is 22.6 Å². The van der Waals surface area contributed by atoms with Crippen molar-refractivity contribution in [3.05, 3.63) is 26.8 Å². The third-order valence-corrected chi connectivity index (χ3v) is 3.45. The van der Waals surface area contributed by atoms with E-state index in [2.05, 4.69) is 41.5 Å². The third kappa shape index (κ3) is 4.51. The first-order valence-corrected chi connectivity index (χ1v) is 7.21. The van der Waals surface area contributed by atoms with Gasteiger partial charge in [0, 0.05) is 7.11 Å². The third-order valence-electron chi connectivity index (χ3n) is 2.65. The molecule has 1 aromatic rings. The molecule has 1 aromatic carbocycles. The van der Waals surface area contributed by atoms with Crippen molar-refractivity contribution in [1.29, 1.82) is 0 Å². The second-order valence-electron chi connectivity index (χ2n) is 4.11. The van der Waals surface area contributed by atoms with Crippen LogP contribution in [0.25, 0.3) is 0 Å². The molecule has 0 bridgehead atoms. The van der Waals surface area contributed by atoms with Gasteiger partial charge in [-0.3, -0.25) is 0 Å². The summed E-state index contributed by atoms with van der Waals surface area (Å²) in [5, 5.41) is 0. The summed E-state index contributed by atoms with van der Waals surface area (Å²) in [5.74, 6) is 3.44. The summed E-state index contributed by atoms with van der Waals surface area (Å²) in [6, 6.07) is 4.19. The molecule has 0 aliphatic carbocycles. The molecule has 98 valence electrons. The van der Waals surface area contributed by atoms with Crippen LogP contribution in [0.3, 0.4) is 0 Å². The van der Waals surface area contributed by atoms with Gasteiger partial charge in [-0.15, -0.1) is 6.42 Å². The zero-order valence-electron chi connectivity index (χ0n) is 11.0. The molecule has 0 aliphatic rings. The van der Waals surface area contributed by atoms with Gasteiger partial charge in [-0.2, -0.15) is 0 Å². The standard InChI is InChI=1S/C15H19IO2/c1-4-6-7-8-12-9-13(5-2)15(14(16)10-12)18-11-17-3/h2,9-10H,4,6-8,11H2,1,3H3. The number of hydrogen-bond acceptors (Lipinski definition) is 2. The molecule has 0 N–H and O–H groups in total. The molecule has 3 heteroatoms. The van der Waals surface area contributed by atoms with Crippen molar-refractivity contribution in [3.63, 3.8) is 0 Å². The topological polar surface area (TPSA) is 18.5 Å². The summed E-state index contributed by atoms with van der Waals surface area (Å²) in [4.78, 5) is 0. The Morgan fingerprint density at radius 3 is 2.72 bits per heavy atom. The van der Waals surface area contributed by atoms with Crippen LogP contribution in [0.2, 0.25) is 0 Å². The fourth-order valence-corrected chi connectivity index (χ4v) is 2.59. The van der Waals surface area contributed by atoms with Gasteiger partial charge in [0.05, 0.1) is 9.13 Å². The lowest BCUT2D eigenvalue weighted by atomic mass is 10.0. The second-order valence-corrected chi connectivity index (χ2v) is 5.27. The highest BCUT2D eigenvalue weighted by Crippen LogP contribution is 2.28. The Kier molecular flexibility index (Phi) is 7.14. The first kappa shape index (κ1) is 15.3. The lowest BCUT2D eigenvalue weighted by molar-refractivity contribution is 0.0503. The molecular formula is C15H19IO2. The van der Waals surface area contributed by atoms with Crippen LogP contribution in [-0.2, 0) is 11.2 Å². The monoisotopic (exact) mass is 358 g/mol. The van der Waals surface area contributed by atoms with E-state index in [0.717, 1.165) is 21.3 Å². The SMILES string of the molecule is C#Cc1cc(CCCCC)cc(I)c1OCOC. The highest BCUT2D eigenvalue weighted by molar-refractivity contribution is 14.1.